The van der Waals surface area contributed by atoms with Crippen molar-refractivity contribution >= 4 is 11.7 Å². The number of rotatable bonds is 6. The molecule has 0 saturated heterocycles. The summed E-state index contributed by atoms with van der Waals surface area (Å²) in [6.07, 6.45) is -0.0402. The van der Waals surface area contributed by atoms with Crippen LogP contribution < -0.4 is 10.6 Å². The Bertz CT molecular complexity index is 686. The molecule has 0 fully saturated rings. The Kier molecular flexibility index (Phi) is 5.45. The number of anilines is 1. The van der Waals surface area contributed by atoms with E-state index >= 15 is 0 Å². The molecular weight excluding hydrogens is 325 g/mol. The molecule has 0 aliphatic rings. The second-order valence-electron chi connectivity index (χ2n) is 5.43. The van der Waals surface area contributed by atoms with Crippen LogP contribution in [0, 0.1) is 5.82 Å². The van der Waals surface area contributed by atoms with E-state index in [1.807, 2.05) is 0 Å². The van der Waals surface area contributed by atoms with E-state index in [2.05, 4.69) is 15.7 Å². The number of aromatic nitrogens is 2. The van der Waals surface area contributed by atoms with Gasteiger partial charge in [-0.05, 0) is 24.6 Å². The highest BCUT2D eigenvalue weighted by atomic mass is 19.3. The Morgan fingerprint density at radius 2 is 2.04 bits per heavy atom. The summed E-state index contributed by atoms with van der Waals surface area (Å²) in [5, 5.41) is 18.9. The Morgan fingerprint density at radius 3 is 2.67 bits per heavy atom. The predicted octanol–water partition coefficient (Wildman–Crippen LogP) is 2.32. The standard InChI is InChI=1S/C15H17F3N4O2/c1-15(24,10-2-4-11(16)5-3-10)9-19-14(23)21-12-6-20-22(7-12)8-13(17)18/h2-7,13,24H,8-9H2,1H3,(H2,19,21,23). The number of hydrogen-bond acceptors (Lipinski definition) is 3. The second-order valence-corrected chi connectivity index (χ2v) is 5.43. The Balaban J connectivity index is 1.88. The van der Waals surface area contributed by atoms with E-state index in [4.69, 9.17) is 0 Å². The third kappa shape index (κ3) is 4.98. The van der Waals surface area contributed by atoms with Gasteiger partial charge in [0.1, 0.15) is 18.0 Å². The molecule has 0 saturated carbocycles. The summed E-state index contributed by atoms with van der Waals surface area (Å²) in [7, 11) is 0. The first-order valence-corrected chi connectivity index (χ1v) is 7.10. The molecule has 1 atom stereocenters. The monoisotopic (exact) mass is 342 g/mol. The number of halogens is 3. The molecule has 0 aliphatic carbocycles. The first-order valence-electron chi connectivity index (χ1n) is 7.10. The maximum absolute atomic E-state index is 12.9. The van der Waals surface area contributed by atoms with E-state index in [0.717, 1.165) is 4.68 Å². The molecular formula is C15H17F3N4O2. The fourth-order valence-electron chi connectivity index (χ4n) is 2.01. The number of hydrogen-bond donors (Lipinski definition) is 3. The summed E-state index contributed by atoms with van der Waals surface area (Å²) in [4.78, 5) is 11.8. The van der Waals surface area contributed by atoms with Crippen LogP contribution in [-0.4, -0.2) is 33.9 Å². The Labute approximate surface area is 136 Å². The zero-order chi connectivity index (χ0) is 17.7. The number of carbonyl (C=O) groups is 1. The SMILES string of the molecule is CC(O)(CNC(=O)Nc1cnn(CC(F)F)c1)c1ccc(F)cc1. The minimum atomic E-state index is -2.54. The molecule has 9 heteroatoms. The van der Waals surface area contributed by atoms with Crippen molar-refractivity contribution < 1.29 is 23.1 Å². The van der Waals surface area contributed by atoms with Gasteiger partial charge in [-0.2, -0.15) is 5.10 Å². The van der Waals surface area contributed by atoms with Crippen LogP contribution in [0.4, 0.5) is 23.7 Å². The van der Waals surface area contributed by atoms with Gasteiger partial charge in [-0.1, -0.05) is 12.1 Å². The van der Waals surface area contributed by atoms with Crippen LogP contribution in [-0.2, 0) is 12.1 Å². The number of nitrogens with one attached hydrogen (secondary N) is 2. The maximum Gasteiger partial charge on any atom is 0.319 e. The van der Waals surface area contributed by atoms with Crippen LogP contribution in [0.1, 0.15) is 12.5 Å². The van der Waals surface area contributed by atoms with Gasteiger partial charge in [0, 0.05) is 6.20 Å². The van der Waals surface area contributed by atoms with E-state index in [-0.39, 0.29) is 12.2 Å². The third-order valence-corrected chi connectivity index (χ3v) is 3.28. The number of carbonyl (C=O) groups excluding carboxylic acids is 1. The predicted molar refractivity (Wildman–Crippen MR) is 81.2 cm³/mol. The summed E-state index contributed by atoms with van der Waals surface area (Å²) < 4.78 is 38.3. The van der Waals surface area contributed by atoms with E-state index in [1.54, 1.807) is 0 Å². The zero-order valence-electron chi connectivity index (χ0n) is 12.8. The Hall–Kier alpha value is -2.55. The molecule has 1 heterocycles. The number of nitrogens with zero attached hydrogens (tertiary/aromatic N) is 2. The third-order valence-electron chi connectivity index (χ3n) is 3.28. The van der Waals surface area contributed by atoms with E-state index in [0.29, 0.717) is 5.56 Å². The van der Waals surface area contributed by atoms with Crippen LogP contribution >= 0.6 is 0 Å². The van der Waals surface area contributed by atoms with Gasteiger partial charge in [-0.15, -0.1) is 0 Å². The first-order chi connectivity index (χ1) is 11.3. The lowest BCUT2D eigenvalue weighted by Crippen LogP contribution is -2.40. The molecule has 0 spiro atoms. The quantitative estimate of drug-likeness (QED) is 0.754. The molecule has 1 aromatic carbocycles. The van der Waals surface area contributed by atoms with Crippen molar-refractivity contribution in [3.05, 3.63) is 48.0 Å². The Morgan fingerprint density at radius 1 is 1.38 bits per heavy atom. The van der Waals surface area contributed by atoms with Gasteiger partial charge >= 0.3 is 6.03 Å². The summed E-state index contributed by atoms with van der Waals surface area (Å²) in [6.45, 7) is 0.777. The topological polar surface area (TPSA) is 79.2 Å². The normalized spacial score (nSPS) is 13.6. The maximum atomic E-state index is 12.9. The van der Waals surface area contributed by atoms with E-state index < -0.39 is 30.4 Å². The molecule has 0 bridgehead atoms. The van der Waals surface area contributed by atoms with Crippen molar-refractivity contribution in [1.82, 2.24) is 15.1 Å². The fourth-order valence-corrected chi connectivity index (χ4v) is 2.01. The number of urea groups is 1. The molecule has 24 heavy (non-hydrogen) atoms. The average Bonchev–Trinajstić information content (AvgIpc) is 2.92. The van der Waals surface area contributed by atoms with Crippen LogP contribution in [0.15, 0.2) is 36.7 Å². The molecule has 2 aromatic rings. The lowest BCUT2D eigenvalue weighted by atomic mass is 9.96. The minimum Gasteiger partial charge on any atom is -0.384 e. The number of alkyl halides is 2. The van der Waals surface area contributed by atoms with Gasteiger partial charge in [-0.25, -0.2) is 18.0 Å². The summed E-state index contributed by atoms with van der Waals surface area (Å²) in [5.41, 5.74) is -0.714. The number of benzene rings is 1. The molecule has 3 N–H and O–H groups in total. The van der Waals surface area contributed by atoms with Crippen molar-refractivity contribution in [2.45, 2.75) is 25.5 Å². The summed E-state index contributed by atoms with van der Waals surface area (Å²) in [5.74, 6) is -0.430. The first kappa shape index (κ1) is 17.8. The smallest absolute Gasteiger partial charge is 0.319 e. The second kappa shape index (κ2) is 7.35. The molecule has 1 unspecified atom stereocenters. The molecule has 0 aliphatic heterocycles. The van der Waals surface area contributed by atoms with Gasteiger partial charge in [0.2, 0.25) is 0 Å². The van der Waals surface area contributed by atoms with Crippen molar-refractivity contribution in [3.8, 4) is 0 Å². The summed E-state index contributed by atoms with van der Waals surface area (Å²) >= 11 is 0. The fraction of sp³-hybridized carbons (Fsp3) is 0.333. The largest absolute Gasteiger partial charge is 0.384 e. The van der Waals surface area contributed by atoms with Crippen LogP contribution in [0.5, 0.6) is 0 Å². The highest BCUT2D eigenvalue weighted by molar-refractivity contribution is 5.88. The van der Waals surface area contributed by atoms with Gasteiger partial charge in [0.25, 0.3) is 6.43 Å². The molecule has 2 rings (SSSR count). The highest BCUT2D eigenvalue weighted by Crippen LogP contribution is 2.20. The molecule has 130 valence electrons. The van der Waals surface area contributed by atoms with Crippen molar-refractivity contribution in [2.24, 2.45) is 0 Å². The van der Waals surface area contributed by atoms with Gasteiger partial charge in [0.05, 0.1) is 18.4 Å². The molecule has 2 amide bonds. The van der Waals surface area contributed by atoms with Crippen LogP contribution in [0.2, 0.25) is 0 Å². The van der Waals surface area contributed by atoms with Crippen molar-refractivity contribution in [2.75, 3.05) is 11.9 Å². The van der Waals surface area contributed by atoms with E-state index in [1.165, 1.54) is 43.6 Å². The number of amides is 2. The highest BCUT2D eigenvalue weighted by Gasteiger charge is 2.24. The van der Waals surface area contributed by atoms with Crippen LogP contribution in [0.25, 0.3) is 0 Å². The minimum absolute atomic E-state index is 0.129. The lowest BCUT2D eigenvalue weighted by Gasteiger charge is -2.24. The van der Waals surface area contributed by atoms with Gasteiger partial charge in [-0.3, -0.25) is 4.68 Å². The van der Waals surface area contributed by atoms with Gasteiger partial charge in [0.15, 0.2) is 0 Å². The number of aliphatic hydroxyl groups is 1. The molecule has 0 radical (unpaired) electrons. The molecule has 1 aromatic heterocycles. The van der Waals surface area contributed by atoms with E-state index in [9.17, 15) is 23.1 Å². The summed E-state index contributed by atoms with van der Waals surface area (Å²) in [6, 6.07) is 4.63. The van der Waals surface area contributed by atoms with Gasteiger partial charge < -0.3 is 15.7 Å². The van der Waals surface area contributed by atoms with Crippen molar-refractivity contribution in [3.63, 3.8) is 0 Å². The molecule has 6 nitrogen and oxygen atoms in total. The average molecular weight is 342 g/mol. The zero-order valence-corrected chi connectivity index (χ0v) is 12.8. The van der Waals surface area contributed by atoms with Crippen LogP contribution in [0.3, 0.4) is 0 Å². The lowest BCUT2D eigenvalue weighted by molar-refractivity contribution is 0.0599. The van der Waals surface area contributed by atoms with Crippen molar-refractivity contribution in [1.29, 1.82) is 0 Å².